The molecule has 0 bridgehead atoms. The van der Waals surface area contributed by atoms with E-state index in [4.69, 9.17) is 10.00 Å². The second-order valence-corrected chi connectivity index (χ2v) is 3.16. The van der Waals surface area contributed by atoms with Crippen LogP contribution in [-0.4, -0.2) is 12.5 Å². The zero-order valence-corrected chi connectivity index (χ0v) is 7.76. The average Bonchev–Trinajstić information content (AvgIpc) is 2.51. The van der Waals surface area contributed by atoms with Gasteiger partial charge in [-0.1, -0.05) is 13.8 Å². The van der Waals surface area contributed by atoms with Crippen LogP contribution in [0.2, 0.25) is 0 Å². The summed E-state index contributed by atoms with van der Waals surface area (Å²) in [5.74, 6) is 0.113. The lowest BCUT2D eigenvalue weighted by molar-refractivity contribution is -0.124. The topological polar surface area (TPSA) is 62.1 Å². The third-order valence-electron chi connectivity index (χ3n) is 1.77. The Labute approximate surface area is 77.2 Å². The molecule has 0 aromatic carbocycles. The molecule has 1 N–H and O–H groups in total. The number of nitrogens with zero attached hydrogens (tertiary/aromatic N) is 1. The third-order valence-corrected chi connectivity index (χ3v) is 1.77. The van der Waals surface area contributed by atoms with E-state index in [0.717, 1.165) is 0 Å². The van der Waals surface area contributed by atoms with Crippen LogP contribution in [0.25, 0.3) is 0 Å². The summed E-state index contributed by atoms with van der Waals surface area (Å²) >= 11 is 0. The van der Waals surface area contributed by atoms with Crippen LogP contribution in [-0.2, 0) is 9.53 Å². The highest BCUT2D eigenvalue weighted by Crippen LogP contribution is 2.15. The Morgan fingerprint density at radius 1 is 1.69 bits per heavy atom. The Morgan fingerprint density at radius 2 is 2.38 bits per heavy atom. The van der Waals surface area contributed by atoms with Crippen LogP contribution < -0.4 is 5.32 Å². The molecule has 0 atom stereocenters. The van der Waals surface area contributed by atoms with E-state index in [-0.39, 0.29) is 11.8 Å². The summed E-state index contributed by atoms with van der Waals surface area (Å²) in [5.41, 5.74) is 0.522. The zero-order chi connectivity index (χ0) is 9.84. The number of ether oxygens (including phenoxy) is 1. The van der Waals surface area contributed by atoms with Crippen LogP contribution >= 0.6 is 0 Å². The minimum atomic E-state index is -0.121. The minimum absolute atomic E-state index is 0.100. The van der Waals surface area contributed by atoms with Crippen molar-refractivity contribution in [2.45, 2.75) is 20.3 Å². The fourth-order valence-corrected chi connectivity index (χ4v) is 0.930. The molecule has 0 aliphatic carbocycles. The van der Waals surface area contributed by atoms with Gasteiger partial charge >= 0.3 is 0 Å². The van der Waals surface area contributed by atoms with Gasteiger partial charge in [-0.3, -0.25) is 10.1 Å². The number of carbonyl (C=O) groups is 1. The lowest BCUT2D eigenvalue weighted by Crippen LogP contribution is -2.27. The van der Waals surface area contributed by atoms with Gasteiger partial charge in [0.25, 0.3) is 0 Å². The second kappa shape index (κ2) is 3.94. The molecule has 1 aliphatic heterocycles. The summed E-state index contributed by atoms with van der Waals surface area (Å²) in [7, 11) is 0. The predicted octanol–water partition coefficient (Wildman–Crippen LogP) is 0.914. The van der Waals surface area contributed by atoms with Crippen LogP contribution in [0.4, 0.5) is 0 Å². The monoisotopic (exact) mass is 180 g/mol. The van der Waals surface area contributed by atoms with Crippen molar-refractivity contribution in [3.8, 4) is 6.07 Å². The number of rotatable bonds is 2. The number of hydrogen-bond donors (Lipinski definition) is 1. The van der Waals surface area contributed by atoms with Crippen LogP contribution in [0.5, 0.6) is 0 Å². The molecule has 0 fully saturated rings. The van der Waals surface area contributed by atoms with Crippen molar-refractivity contribution in [2.75, 3.05) is 6.61 Å². The maximum atomic E-state index is 11.2. The Morgan fingerprint density at radius 3 is 2.92 bits per heavy atom. The molecule has 1 amide bonds. The van der Waals surface area contributed by atoms with Crippen molar-refractivity contribution < 1.29 is 9.53 Å². The fourth-order valence-electron chi connectivity index (χ4n) is 0.930. The molecule has 0 unspecified atom stereocenters. The summed E-state index contributed by atoms with van der Waals surface area (Å²) in [6, 6.07) is 2.00. The lowest BCUT2D eigenvalue weighted by atomic mass is 10.2. The van der Waals surface area contributed by atoms with E-state index in [2.05, 4.69) is 5.32 Å². The quantitative estimate of drug-likeness (QED) is 0.687. The normalized spacial score (nSPS) is 15.5. The van der Waals surface area contributed by atoms with E-state index in [1.54, 1.807) is 13.8 Å². The molecule has 13 heavy (non-hydrogen) atoms. The highest BCUT2D eigenvalue weighted by atomic mass is 16.5. The number of hydrogen-bond acceptors (Lipinski definition) is 3. The highest BCUT2D eigenvalue weighted by Gasteiger charge is 2.18. The van der Waals surface area contributed by atoms with Crippen molar-refractivity contribution in [3.63, 3.8) is 0 Å². The molecule has 0 aromatic heterocycles. The standard InChI is InChI=1S/C9H12N2O2/c1-6(2)8(12)11-9-7(5-10)3-4-13-9/h6H,3-4H2,1-2H3,(H,11,12). The van der Waals surface area contributed by atoms with Gasteiger partial charge in [-0.2, -0.15) is 5.26 Å². The number of nitrogens with one attached hydrogen (secondary N) is 1. The summed E-state index contributed by atoms with van der Waals surface area (Å²) in [5, 5.41) is 11.2. The lowest BCUT2D eigenvalue weighted by Gasteiger charge is -2.08. The molecular weight excluding hydrogens is 168 g/mol. The van der Waals surface area contributed by atoms with Crippen LogP contribution in [0.1, 0.15) is 20.3 Å². The molecule has 4 nitrogen and oxygen atoms in total. The first-order valence-electron chi connectivity index (χ1n) is 4.22. The van der Waals surface area contributed by atoms with E-state index in [1.807, 2.05) is 6.07 Å². The molecule has 0 radical (unpaired) electrons. The Hall–Kier alpha value is -1.50. The van der Waals surface area contributed by atoms with E-state index in [0.29, 0.717) is 24.5 Å². The van der Waals surface area contributed by atoms with Crippen molar-refractivity contribution in [2.24, 2.45) is 5.92 Å². The molecule has 0 saturated carbocycles. The Kier molecular flexibility index (Phi) is 2.91. The van der Waals surface area contributed by atoms with E-state index in [1.165, 1.54) is 0 Å². The van der Waals surface area contributed by atoms with Gasteiger partial charge in [0.2, 0.25) is 11.8 Å². The molecule has 4 heteroatoms. The maximum absolute atomic E-state index is 11.2. The van der Waals surface area contributed by atoms with Crippen molar-refractivity contribution in [1.29, 1.82) is 5.26 Å². The number of amides is 1. The van der Waals surface area contributed by atoms with Gasteiger partial charge in [0.05, 0.1) is 12.2 Å². The highest BCUT2D eigenvalue weighted by molar-refractivity contribution is 5.79. The van der Waals surface area contributed by atoms with Crippen molar-refractivity contribution in [1.82, 2.24) is 5.32 Å². The second-order valence-electron chi connectivity index (χ2n) is 3.16. The summed E-state index contributed by atoms with van der Waals surface area (Å²) in [6.45, 7) is 4.06. The average molecular weight is 180 g/mol. The molecule has 1 heterocycles. The van der Waals surface area contributed by atoms with Crippen LogP contribution in [0.3, 0.4) is 0 Å². The smallest absolute Gasteiger partial charge is 0.229 e. The first kappa shape index (κ1) is 9.59. The molecule has 1 aliphatic rings. The molecule has 0 aromatic rings. The van der Waals surface area contributed by atoms with Gasteiger partial charge in [-0.15, -0.1) is 0 Å². The van der Waals surface area contributed by atoms with Gasteiger partial charge in [0.1, 0.15) is 6.07 Å². The molecule has 0 spiro atoms. The summed E-state index contributed by atoms with van der Waals surface area (Å²) in [4.78, 5) is 11.2. The van der Waals surface area contributed by atoms with Crippen LogP contribution in [0.15, 0.2) is 11.5 Å². The maximum Gasteiger partial charge on any atom is 0.229 e. The molecule has 1 rings (SSSR count). The van der Waals surface area contributed by atoms with Gasteiger partial charge in [0.15, 0.2) is 0 Å². The summed E-state index contributed by atoms with van der Waals surface area (Å²) < 4.78 is 5.10. The van der Waals surface area contributed by atoms with Gasteiger partial charge in [-0.05, 0) is 0 Å². The molecule has 0 saturated heterocycles. The predicted molar refractivity (Wildman–Crippen MR) is 46.2 cm³/mol. The first-order valence-corrected chi connectivity index (χ1v) is 4.22. The number of carbonyl (C=O) groups excluding carboxylic acids is 1. The van der Waals surface area contributed by atoms with E-state index >= 15 is 0 Å². The fraction of sp³-hybridized carbons (Fsp3) is 0.556. The first-order chi connectivity index (χ1) is 6.15. The largest absolute Gasteiger partial charge is 0.478 e. The van der Waals surface area contributed by atoms with E-state index < -0.39 is 0 Å². The van der Waals surface area contributed by atoms with Gasteiger partial charge in [0, 0.05) is 12.3 Å². The summed E-state index contributed by atoms with van der Waals surface area (Å²) in [6.07, 6.45) is 0.588. The Bertz CT molecular complexity index is 286. The minimum Gasteiger partial charge on any atom is -0.478 e. The number of nitriles is 1. The van der Waals surface area contributed by atoms with Crippen molar-refractivity contribution >= 4 is 5.91 Å². The van der Waals surface area contributed by atoms with E-state index in [9.17, 15) is 4.79 Å². The molecule has 70 valence electrons. The SMILES string of the molecule is CC(C)C(=O)NC1=C(C#N)CCO1. The zero-order valence-electron chi connectivity index (χ0n) is 7.76. The van der Waals surface area contributed by atoms with Crippen LogP contribution in [0, 0.1) is 17.2 Å². The molecular formula is C9H12N2O2. The van der Waals surface area contributed by atoms with Crippen molar-refractivity contribution in [3.05, 3.63) is 11.5 Å². The third kappa shape index (κ3) is 2.22. The van der Waals surface area contributed by atoms with Gasteiger partial charge in [-0.25, -0.2) is 0 Å². The Balaban J connectivity index is 2.64. The van der Waals surface area contributed by atoms with Gasteiger partial charge < -0.3 is 4.74 Å².